The SMILES string of the molecule is COC(=O)c1nc(C)cc(NC2CCCC2CN)n1. The molecule has 19 heavy (non-hydrogen) atoms. The van der Waals surface area contributed by atoms with Gasteiger partial charge in [-0.25, -0.2) is 14.8 Å². The first-order valence-corrected chi connectivity index (χ1v) is 6.54. The molecule has 1 aromatic heterocycles. The fraction of sp³-hybridized carbons (Fsp3) is 0.615. The molecule has 0 aromatic carbocycles. The molecule has 1 aromatic rings. The molecule has 6 nitrogen and oxygen atoms in total. The summed E-state index contributed by atoms with van der Waals surface area (Å²) in [5.74, 6) is 0.705. The molecule has 0 radical (unpaired) electrons. The van der Waals surface area contributed by atoms with Crippen LogP contribution in [0, 0.1) is 12.8 Å². The van der Waals surface area contributed by atoms with Gasteiger partial charge in [0.25, 0.3) is 0 Å². The van der Waals surface area contributed by atoms with Gasteiger partial charge in [0, 0.05) is 17.8 Å². The van der Waals surface area contributed by atoms with Crippen molar-refractivity contribution in [3.63, 3.8) is 0 Å². The lowest BCUT2D eigenvalue weighted by atomic mass is 10.0. The van der Waals surface area contributed by atoms with Crippen LogP contribution >= 0.6 is 0 Å². The Kier molecular flexibility index (Phi) is 4.31. The second-order valence-corrected chi connectivity index (χ2v) is 4.89. The fourth-order valence-electron chi connectivity index (χ4n) is 2.52. The van der Waals surface area contributed by atoms with Gasteiger partial charge in [0.1, 0.15) is 5.82 Å². The smallest absolute Gasteiger partial charge is 0.376 e. The molecule has 0 amide bonds. The maximum Gasteiger partial charge on any atom is 0.376 e. The van der Waals surface area contributed by atoms with E-state index in [-0.39, 0.29) is 5.82 Å². The average molecular weight is 264 g/mol. The minimum absolute atomic E-state index is 0.0901. The number of hydrogen-bond acceptors (Lipinski definition) is 6. The number of nitrogens with one attached hydrogen (secondary N) is 1. The summed E-state index contributed by atoms with van der Waals surface area (Å²) in [5.41, 5.74) is 6.50. The molecule has 1 heterocycles. The van der Waals surface area contributed by atoms with E-state index < -0.39 is 5.97 Å². The van der Waals surface area contributed by atoms with Crippen LogP contribution in [0.4, 0.5) is 5.82 Å². The van der Waals surface area contributed by atoms with Crippen molar-refractivity contribution >= 4 is 11.8 Å². The van der Waals surface area contributed by atoms with Crippen molar-refractivity contribution in [1.82, 2.24) is 9.97 Å². The van der Waals surface area contributed by atoms with E-state index in [0.717, 1.165) is 18.5 Å². The largest absolute Gasteiger partial charge is 0.463 e. The Morgan fingerprint density at radius 2 is 2.32 bits per heavy atom. The summed E-state index contributed by atoms with van der Waals surface area (Å²) in [7, 11) is 1.32. The average Bonchev–Trinajstić information content (AvgIpc) is 2.84. The molecule has 2 unspecified atom stereocenters. The number of anilines is 1. The molecule has 1 fully saturated rings. The second kappa shape index (κ2) is 5.97. The van der Waals surface area contributed by atoms with Crippen molar-refractivity contribution in [2.75, 3.05) is 19.0 Å². The zero-order valence-corrected chi connectivity index (χ0v) is 11.3. The highest BCUT2D eigenvalue weighted by molar-refractivity contribution is 5.85. The predicted molar refractivity (Wildman–Crippen MR) is 71.9 cm³/mol. The van der Waals surface area contributed by atoms with E-state index in [2.05, 4.69) is 20.0 Å². The van der Waals surface area contributed by atoms with Gasteiger partial charge in [-0.1, -0.05) is 6.42 Å². The third-order valence-electron chi connectivity index (χ3n) is 3.52. The summed E-state index contributed by atoms with van der Waals surface area (Å²) < 4.78 is 4.65. The van der Waals surface area contributed by atoms with Crippen molar-refractivity contribution in [2.24, 2.45) is 11.7 Å². The number of nitrogens with zero attached hydrogens (tertiary/aromatic N) is 2. The highest BCUT2D eigenvalue weighted by Gasteiger charge is 2.26. The summed E-state index contributed by atoms with van der Waals surface area (Å²) in [6.45, 7) is 2.50. The number of aryl methyl sites for hydroxylation is 1. The molecule has 6 heteroatoms. The van der Waals surface area contributed by atoms with Gasteiger partial charge in [0.05, 0.1) is 7.11 Å². The van der Waals surface area contributed by atoms with Crippen LogP contribution in [0.15, 0.2) is 6.07 Å². The number of nitrogens with two attached hydrogens (primary N) is 1. The summed E-state index contributed by atoms with van der Waals surface area (Å²) >= 11 is 0. The van der Waals surface area contributed by atoms with Gasteiger partial charge < -0.3 is 15.8 Å². The minimum Gasteiger partial charge on any atom is -0.463 e. The Bertz CT molecular complexity index is 464. The lowest BCUT2D eigenvalue weighted by Gasteiger charge is -2.20. The minimum atomic E-state index is -0.520. The third kappa shape index (κ3) is 3.20. The van der Waals surface area contributed by atoms with Crippen LogP contribution < -0.4 is 11.1 Å². The van der Waals surface area contributed by atoms with E-state index >= 15 is 0 Å². The Labute approximate surface area is 112 Å². The molecular formula is C13H20N4O2. The first kappa shape index (κ1) is 13.7. The number of ether oxygens (including phenoxy) is 1. The third-order valence-corrected chi connectivity index (χ3v) is 3.52. The van der Waals surface area contributed by atoms with Crippen LogP contribution in [0.2, 0.25) is 0 Å². The molecule has 2 rings (SSSR count). The highest BCUT2D eigenvalue weighted by Crippen LogP contribution is 2.27. The van der Waals surface area contributed by atoms with Gasteiger partial charge in [-0.2, -0.15) is 0 Å². The van der Waals surface area contributed by atoms with Gasteiger partial charge in [0.2, 0.25) is 5.82 Å². The van der Waals surface area contributed by atoms with Crippen LogP contribution in [0.3, 0.4) is 0 Å². The number of rotatable bonds is 4. The number of esters is 1. The van der Waals surface area contributed by atoms with E-state index in [1.54, 1.807) is 0 Å². The van der Waals surface area contributed by atoms with Crippen LogP contribution in [-0.4, -0.2) is 35.6 Å². The number of hydrogen-bond donors (Lipinski definition) is 2. The maximum absolute atomic E-state index is 11.5. The molecule has 0 bridgehead atoms. The first-order valence-electron chi connectivity index (χ1n) is 6.54. The standard InChI is InChI=1S/C13H20N4O2/c1-8-6-11(17-12(15-8)13(18)19-2)16-10-5-3-4-9(10)7-14/h6,9-10H,3-5,7,14H2,1-2H3,(H,15,16,17). The summed E-state index contributed by atoms with van der Waals surface area (Å²) in [4.78, 5) is 19.7. The Balaban J connectivity index is 2.16. The predicted octanol–water partition coefficient (Wildman–Crippen LogP) is 1.11. The molecule has 2 atom stereocenters. The van der Waals surface area contributed by atoms with Crippen molar-refractivity contribution in [3.05, 3.63) is 17.6 Å². The van der Waals surface area contributed by atoms with Crippen LogP contribution in [-0.2, 0) is 4.74 Å². The zero-order valence-electron chi connectivity index (χ0n) is 11.3. The lowest BCUT2D eigenvalue weighted by Crippen LogP contribution is -2.30. The molecule has 1 aliphatic rings. The van der Waals surface area contributed by atoms with E-state index in [0.29, 0.717) is 24.3 Å². The first-order chi connectivity index (χ1) is 9.13. The molecule has 0 aliphatic heterocycles. The summed E-state index contributed by atoms with van der Waals surface area (Å²) in [5, 5.41) is 3.36. The number of methoxy groups -OCH3 is 1. The maximum atomic E-state index is 11.5. The Hall–Kier alpha value is -1.69. The van der Waals surface area contributed by atoms with Gasteiger partial charge in [-0.05, 0) is 32.2 Å². The van der Waals surface area contributed by atoms with Gasteiger partial charge >= 0.3 is 5.97 Å². The molecular weight excluding hydrogens is 244 g/mol. The summed E-state index contributed by atoms with van der Waals surface area (Å²) in [6.07, 6.45) is 3.40. The number of aromatic nitrogens is 2. The Morgan fingerprint density at radius 3 is 3.00 bits per heavy atom. The van der Waals surface area contributed by atoms with Crippen molar-refractivity contribution in [2.45, 2.75) is 32.2 Å². The van der Waals surface area contributed by atoms with E-state index in [4.69, 9.17) is 5.73 Å². The molecule has 1 saturated carbocycles. The van der Waals surface area contributed by atoms with E-state index in [1.165, 1.54) is 13.5 Å². The van der Waals surface area contributed by atoms with Crippen LogP contribution in [0.1, 0.15) is 35.6 Å². The molecule has 0 spiro atoms. The zero-order chi connectivity index (χ0) is 13.8. The number of carbonyl (C=O) groups excluding carboxylic acids is 1. The molecule has 3 N–H and O–H groups in total. The van der Waals surface area contributed by atoms with Crippen molar-refractivity contribution in [3.8, 4) is 0 Å². The van der Waals surface area contributed by atoms with E-state index in [1.807, 2.05) is 13.0 Å². The number of carbonyl (C=O) groups is 1. The summed E-state index contributed by atoms with van der Waals surface area (Å²) in [6, 6.07) is 2.16. The molecule has 104 valence electrons. The van der Waals surface area contributed by atoms with Gasteiger partial charge in [0.15, 0.2) is 0 Å². The molecule has 0 saturated heterocycles. The van der Waals surface area contributed by atoms with Crippen molar-refractivity contribution in [1.29, 1.82) is 0 Å². The van der Waals surface area contributed by atoms with Gasteiger partial charge in [-0.3, -0.25) is 0 Å². The van der Waals surface area contributed by atoms with Gasteiger partial charge in [-0.15, -0.1) is 0 Å². The molecule has 1 aliphatic carbocycles. The van der Waals surface area contributed by atoms with Crippen molar-refractivity contribution < 1.29 is 9.53 Å². The fourth-order valence-corrected chi connectivity index (χ4v) is 2.52. The quantitative estimate of drug-likeness (QED) is 0.792. The van der Waals surface area contributed by atoms with E-state index in [9.17, 15) is 4.79 Å². The second-order valence-electron chi connectivity index (χ2n) is 4.89. The van der Waals surface area contributed by atoms with Crippen LogP contribution in [0.5, 0.6) is 0 Å². The topological polar surface area (TPSA) is 90.1 Å². The highest BCUT2D eigenvalue weighted by atomic mass is 16.5. The Morgan fingerprint density at radius 1 is 1.53 bits per heavy atom. The van der Waals surface area contributed by atoms with Crippen LogP contribution in [0.25, 0.3) is 0 Å². The monoisotopic (exact) mass is 264 g/mol. The normalized spacial score (nSPS) is 22.3. The lowest BCUT2D eigenvalue weighted by molar-refractivity contribution is 0.0586.